The Morgan fingerprint density at radius 1 is 1.00 bits per heavy atom. The first-order valence-corrected chi connectivity index (χ1v) is 7.49. The fourth-order valence-electron chi connectivity index (χ4n) is 1.65. The summed E-state index contributed by atoms with van der Waals surface area (Å²) in [5, 5.41) is 19.5. The Bertz CT molecular complexity index is 802. The molecule has 2 aromatic carbocycles. The average Bonchev–Trinajstić information content (AvgIpc) is 2.41. The Labute approximate surface area is 151 Å². The minimum atomic E-state index is -4.23. The van der Waals surface area contributed by atoms with Gasteiger partial charge in [0.15, 0.2) is 0 Å². The topological polar surface area (TPSA) is 102 Å². The van der Waals surface area contributed by atoms with Crippen molar-refractivity contribution in [3.8, 4) is 5.75 Å². The van der Waals surface area contributed by atoms with Gasteiger partial charge in [0, 0.05) is 0 Å². The smallest absolute Gasteiger partial charge is 0.871 e. The second-order valence-corrected chi connectivity index (χ2v) is 5.99. The second-order valence-electron chi connectivity index (χ2n) is 4.57. The predicted molar refractivity (Wildman–Crippen MR) is 75.8 cm³/mol. The maximum atomic E-state index is 11.7. The van der Waals surface area contributed by atoms with Gasteiger partial charge in [-0.1, -0.05) is 11.8 Å². The summed E-state index contributed by atoms with van der Waals surface area (Å²) in [6, 6.07) is 8.33. The molecule has 0 heterocycles. The molecule has 2 aromatic rings. The van der Waals surface area contributed by atoms with Crippen molar-refractivity contribution in [3.05, 3.63) is 47.5 Å². The standard InChI is InChI=1S/C14H14N2O4S.Na/c1-9-7-13(14(17)8-10(9)2)16-15-11-3-5-12(6-4-11)21(18,19)20;/h3-8,17H,1-2H3,(H,18,19,20);/q;+1/p-1. The van der Waals surface area contributed by atoms with Gasteiger partial charge in [0.2, 0.25) is 0 Å². The molecule has 2 rings (SSSR count). The van der Waals surface area contributed by atoms with Crippen LogP contribution in [0.2, 0.25) is 0 Å². The van der Waals surface area contributed by atoms with Gasteiger partial charge in [-0.2, -0.15) is 18.6 Å². The summed E-state index contributed by atoms with van der Waals surface area (Å²) in [4.78, 5) is -0.225. The van der Waals surface area contributed by atoms with E-state index in [2.05, 4.69) is 10.2 Å². The summed E-state index contributed by atoms with van der Waals surface area (Å²) in [7, 11) is -4.23. The monoisotopic (exact) mass is 328 g/mol. The molecule has 0 aliphatic rings. The van der Waals surface area contributed by atoms with E-state index in [1.54, 1.807) is 6.07 Å². The van der Waals surface area contributed by atoms with Crippen LogP contribution in [0.1, 0.15) is 11.1 Å². The molecule has 0 saturated carbocycles. The van der Waals surface area contributed by atoms with Crippen LogP contribution in [0.15, 0.2) is 51.5 Å². The number of aryl methyl sites for hydroxylation is 2. The van der Waals surface area contributed by atoms with E-state index in [0.717, 1.165) is 11.1 Å². The first-order chi connectivity index (χ1) is 9.77. The molecule has 0 spiro atoms. The molecule has 6 nitrogen and oxygen atoms in total. The quantitative estimate of drug-likeness (QED) is 0.488. The summed E-state index contributed by atoms with van der Waals surface area (Å²) in [5.41, 5.74) is 2.42. The second kappa shape index (κ2) is 7.34. The van der Waals surface area contributed by atoms with Gasteiger partial charge in [-0.25, -0.2) is 0 Å². The van der Waals surface area contributed by atoms with E-state index in [1.807, 2.05) is 13.8 Å². The molecule has 0 amide bonds. The van der Waals surface area contributed by atoms with Crippen LogP contribution in [0.3, 0.4) is 0 Å². The van der Waals surface area contributed by atoms with Crippen LogP contribution >= 0.6 is 0 Å². The third-order valence-corrected chi connectivity index (χ3v) is 3.85. The first-order valence-electron chi connectivity index (χ1n) is 6.05. The maximum absolute atomic E-state index is 11.7. The normalized spacial score (nSPS) is 11.4. The zero-order valence-electron chi connectivity index (χ0n) is 12.4. The Morgan fingerprint density at radius 3 is 2.09 bits per heavy atom. The van der Waals surface area contributed by atoms with Crippen LogP contribution in [-0.4, -0.2) is 13.0 Å². The Hall–Kier alpha value is -1.25. The van der Waals surface area contributed by atoms with Crippen molar-refractivity contribution in [2.75, 3.05) is 0 Å². The van der Waals surface area contributed by atoms with Crippen LogP contribution < -0.4 is 34.7 Å². The Kier molecular flexibility index (Phi) is 6.27. The van der Waals surface area contributed by atoms with Crippen molar-refractivity contribution in [2.24, 2.45) is 10.2 Å². The fourth-order valence-corrected chi connectivity index (χ4v) is 2.13. The molecule has 0 aliphatic carbocycles. The van der Waals surface area contributed by atoms with Crippen molar-refractivity contribution >= 4 is 21.5 Å². The number of azo groups is 1. The molecule has 0 saturated heterocycles. The number of benzene rings is 2. The maximum Gasteiger partial charge on any atom is 1.00 e. The van der Waals surface area contributed by atoms with Crippen LogP contribution in [0.4, 0.5) is 11.4 Å². The predicted octanol–water partition coefficient (Wildman–Crippen LogP) is 0.0431. The summed E-state index contributed by atoms with van der Waals surface area (Å²) < 4.78 is 30.7. The van der Waals surface area contributed by atoms with Crippen LogP contribution in [0.25, 0.3) is 0 Å². The molecule has 110 valence electrons. The van der Waals surface area contributed by atoms with E-state index in [-0.39, 0.29) is 45.9 Å². The molecule has 0 fully saturated rings. The van der Waals surface area contributed by atoms with E-state index >= 15 is 0 Å². The molecule has 1 N–H and O–H groups in total. The van der Waals surface area contributed by atoms with Gasteiger partial charge >= 0.3 is 29.6 Å². The zero-order valence-corrected chi connectivity index (χ0v) is 15.3. The fraction of sp³-hybridized carbons (Fsp3) is 0.143. The van der Waals surface area contributed by atoms with Crippen LogP contribution in [0, 0.1) is 13.8 Å². The van der Waals surface area contributed by atoms with Crippen molar-refractivity contribution in [3.63, 3.8) is 0 Å². The minimum Gasteiger partial charge on any atom is -0.871 e. The van der Waals surface area contributed by atoms with Gasteiger partial charge < -0.3 is 5.11 Å². The van der Waals surface area contributed by atoms with Gasteiger partial charge in [0.05, 0.1) is 16.3 Å². The summed E-state index contributed by atoms with van der Waals surface area (Å²) >= 11 is 0. The Morgan fingerprint density at radius 2 is 1.55 bits per heavy atom. The molecule has 0 bridgehead atoms. The molecule has 0 aliphatic heterocycles. The first kappa shape index (κ1) is 18.8. The van der Waals surface area contributed by atoms with Crippen molar-refractivity contribution in [1.29, 1.82) is 0 Å². The molecule has 22 heavy (non-hydrogen) atoms. The number of nitrogens with zero attached hydrogens (tertiary/aromatic N) is 2. The van der Waals surface area contributed by atoms with Crippen molar-refractivity contribution < 1.29 is 47.6 Å². The average molecular weight is 328 g/mol. The van der Waals surface area contributed by atoms with Crippen LogP contribution in [0.5, 0.6) is 5.75 Å². The number of rotatable bonds is 3. The van der Waals surface area contributed by atoms with Gasteiger partial charge in [-0.3, -0.25) is 4.55 Å². The van der Waals surface area contributed by atoms with E-state index in [1.165, 1.54) is 30.3 Å². The van der Waals surface area contributed by atoms with Crippen molar-refractivity contribution in [1.82, 2.24) is 0 Å². The molecular weight excluding hydrogens is 315 g/mol. The summed E-state index contributed by atoms with van der Waals surface area (Å²) in [6.45, 7) is 3.71. The number of hydrogen-bond acceptors (Lipinski definition) is 5. The summed E-state index contributed by atoms with van der Waals surface area (Å²) in [6.07, 6.45) is 0. The molecule has 0 unspecified atom stereocenters. The zero-order chi connectivity index (χ0) is 15.6. The van der Waals surface area contributed by atoms with Gasteiger partial charge in [-0.15, -0.1) is 0 Å². The molecule has 8 heteroatoms. The van der Waals surface area contributed by atoms with Crippen LogP contribution in [-0.2, 0) is 10.1 Å². The largest absolute Gasteiger partial charge is 1.00 e. The Balaban J connectivity index is 0.00000242. The molecule has 0 aromatic heterocycles. The van der Waals surface area contributed by atoms with E-state index in [9.17, 15) is 13.5 Å². The molecule has 0 atom stereocenters. The van der Waals surface area contributed by atoms with E-state index < -0.39 is 10.1 Å². The van der Waals surface area contributed by atoms with E-state index in [4.69, 9.17) is 4.55 Å². The molecule has 0 radical (unpaired) electrons. The van der Waals surface area contributed by atoms with Gasteiger partial charge in [0.1, 0.15) is 0 Å². The third-order valence-electron chi connectivity index (χ3n) is 2.98. The summed E-state index contributed by atoms with van der Waals surface area (Å²) in [5.74, 6) is -0.226. The van der Waals surface area contributed by atoms with Gasteiger partial charge in [-0.05, 0) is 55.3 Å². The SMILES string of the molecule is Cc1cc([O-])c(N=Nc2ccc(S(=O)(=O)O)cc2)cc1C.[Na+]. The van der Waals surface area contributed by atoms with Crippen molar-refractivity contribution in [2.45, 2.75) is 18.7 Å². The van der Waals surface area contributed by atoms with Gasteiger partial charge in [0.25, 0.3) is 10.1 Å². The molecular formula is C14H13N2NaO4S. The minimum absolute atomic E-state index is 0. The number of hydrogen-bond donors (Lipinski definition) is 1. The van der Waals surface area contributed by atoms with E-state index in [0.29, 0.717) is 5.69 Å². The third kappa shape index (κ3) is 4.62.